The summed E-state index contributed by atoms with van der Waals surface area (Å²) in [6, 6.07) is 23.5. The Morgan fingerprint density at radius 1 is 0.418 bits per heavy atom. The molecule has 4 rings (SSSR count). The minimum Gasteiger partial charge on any atom is -1.00 e. The molecular formula is C50H73Cl3SiTi. The maximum Gasteiger partial charge on any atom is -1.00 e. The Hall–Kier alpha value is -1.06. The Morgan fingerprint density at radius 3 is 0.800 bits per heavy atom. The van der Waals surface area contributed by atoms with Crippen LogP contribution in [0.15, 0.2) is 78.4 Å². The third-order valence-electron chi connectivity index (χ3n) is 11.5. The van der Waals surface area contributed by atoms with Gasteiger partial charge in [-0.2, -0.15) is 0 Å². The molecule has 0 fully saturated rings. The Bertz CT molecular complexity index is 1590. The van der Waals surface area contributed by atoms with Crippen LogP contribution in [-0.2, 0) is 52.9 Å². The summed E-state index contributed by atoms with van der Waals surface area (Å²) in [4.78, 5) is 0. The molecule has 0 amide bonds. The van der Waals surface area contributed by atoms with Gasteiger partial charge < -0.3 is 37.2 Å². The smallest absolute Gasteiger partial charge is 1.00 e. The Morgan fingerprint density at radius 2 is 0.636 bits per heavy atom. The average Bonchev–Trinajstić information content (AvgIpc) is 3.38. The largest absolute Gasteiger partial charge is 1.00 e. The zero-order chi connectivity index (χ0) is 39.8. The maximum absolute atomic E-state index is 3.03. The molecule has 0 aromatic heterocycles. The molecule has 0 spiro atoms. The predicted octanol–water partition coefficient (Wildman–Crippen LogP) is 3.35. The summed E-state index contributed by atoms with van der Waals surface area (Å²) < 4.78 is -0.227. The van der Waals surface area contributed by atoms with Crippen molar-refractivity contribution in [2.45, 2.75) is 174 Å². The van der Waals surface area contributed by atoms with E-state index in [-0.39, 0.29) is 73.1 Å². The molecule has 1 atom stereocenters. The molecule has 0 saturated heterocycles. The molecule has 302 valence electrons. The van der Waals surface area contributed by atoms with Gasteiger partial charge in [0.15, 0.2) is 0 Å². The van der Waals surface area contributed by atoms with E-state index in [1.54, 1.807) is 0 Å². The molecule has 0 bridgehead atoms. The van der Waals surface area contributed by atoms with Crippen molar-refractivity contribution in [2.24, 2.45) is 5.92 Å². The van der Waals surface area contributed by atoms with E-state index in [4.69, 9.17) is 0 Å². The molecule has 5 heteroatoms. The standard InChI is InChI=1S/C50H73Si.3ClH.Ti/c1-33(2)34-21-22-41(23-34)51(42-27-35(45(3,4)5)24-36(28-42)46(6,7)8,43-29-37(47(9,10)11)25-38(30-43)48(12,13)14)44-31-39(49(15,16)17)26-40(32-44)50(18,19)20;;;;/h21-33H,1-20H3;3*1H;/q;;;;+3/p-3. The van der Waals surface area contributed by atoms with Gasteiger partial charge in [0.2, 0.25) is 0 Å². The molecule has 1 unspecified atom stereocenters. The van der Waals surface area contributed by atoms with Gasteiger partial charge in [0.1, 0.15) is 0 Å². The van der Waals surface area contributed by atoms with Crippen LogP contribution in [0.5, 0.6) is 0 Å². The maximum atomic E-state index is 2.70. The molecule has 1 aliphatic carbocycles. The van der Waals surface area contributed by atoms with Crippen molar-refractivity contribution in [3.63, 3.8) is 0 Å². The molecule has 3 aromatic rings. The number of hydrogen-bond donors (Lipinski definition) is 0. The number of halogens is 3. The zero-order valence-electron chi connectivity index (χ0n) is 38.1. The van der Waals surface area contributed by atoms with Crippen LogP contribution < -0.4 is 52.8 Å². The SMILES string of the molecule is CC(C)C1=C[C]([Ti+3])([Si](c2cc(C(C)(C)C)cc(C(C)(C)C)c2)(c2cc(C(C)(C)C)cc(C(C)(C)C)c2)c2cc(C(C)(C)C)cc(C(C)(C)C)c2)C=C1.[Cl-].[Cl-].[Cl-]. The molecular weight excluding hydrogens is 783 g/mol. The van der Waals surface area contributed by atoms with Crippen LogP contribution in [0.4, 0.5) is 0 Å². The van der Waals surface area contributed by atoms with E-state index in [2.05, 4.69) is 232 Å². The number of benzene rings is 3. The van der Waals surface area contributed by atoms with Crippen LogP contribution >= 0.6 is 0 Å². The second kappa shape index (κ2) is 16.9. The molecule has 0 heterocycles. The van der Waals surface area contributed by atoms with Gasteiger partial charge in [0.25, 0.3) is 0 Å². The van der Waals surface area contributed by atoms with Crippen molar-refractivity contribution in [1.29, 1.82) is 0 Å². The van der Waals surface area contributed by atoms with E-state index >= 15 is 0 Å². The summed E-state index contributed by atoms with van der Waals surface area (Å²) in [6.07, 6.45) is 7.79. The second-order valence-electron chi connectivity index (χ2n) is 22.6. The van der Waals surface area contributed by atoms with Gasteiger partial charge >= 0.3 is 336 Å². The van der Waals surface area contributed by atoms with Crippen LogP contribution in [0.1, 0.15) is 172 Å². The van der Waals surface area contributed by atoms with Crippen molar-refractivity contribution in [3.8, 4) is 0 Å². The average molecular weight is 856 g/mol. The summed E-state index contributed by atoms with van der Waals surface area (Å²) in [5.74, 6) is 0.452. The van der Waals surface area contributed by atoms with Crippen molar-refractivity contribution in [3.05, 3.63) is 112 Å². The third kappa shape index (κ3) is 10.8. The number of allylic oxidation sites excluding steroid dienone is 4. The van der Waals surface area contributed by atoms with Gasteiger partial charge in [-0.3, -0.25) is 0 Å². The van der Waals surface area contributed by atoms with E-state index in [9.17, 15) is 0 Å². The zero-order valence-corrected chi connectivity index (χ0v) is 43.0. The molecule has 1 aliphatic rings. The van der Waals surface area contributed by atoms with Crippen LogP contribution in [-0.4, -0.2) is 8.07 Å². The molecule has 0 aliphatic heterocycles. The summed E-state index contributed by atoms with van der Waals surface area (Å²) >= 11 is 2.59. The molecule has 0 nitrogen and oxygen atoms in total. The fourth-order valence-electron chi connectivity index (χ4n) is 7.53. The molecule has 55 heavy (non-hydrogen) atoms. The van der Waals surface area contributed by atoms with Crippen molar-refractivity contribution in [2.75, 3.05) is 0 Å². The van der Waals surface area contributed by atoms with Gasteiger partial charge in [-0.15, -0.1) is 0 Å². The fourth-order valence-corrected chi connectivity index (χ4v) is 15.3. The van der Waals surface area contributed by atoms with E-state index in [0.29, 0.717) is 5.92 Å². The van der Waals surface area contributed by atoms with Crippen LogP contribution in [0.2, 0.25) is 3.34 Å². The summed E-state index contributed by atoms with van der Waals surface area (Å²) in [5, 5.41) is 4.57. The Balaban J connectivity index is 0.00000504. The molecule has 3 aromatic carbocycles. The number of hydrogen-bond acceptors (Lipinski definition) is 0. The molecule has 0 saturated carbocycles. The van der Waals surface area contributed by atoms with Crippen molar-refractivity contribution < 1.29 is 57.7 Å². The van der Waals surface area contributed by atoms with E-state index in [0.717, 1.165) is 0 Å². The first-order valence-corrected chi connectivity index (χ1v) is 22.7. The first-order chi connectivity index (χ1) is 23.2. The molecule has 0 N–H and O–H groups in total. The fraction of sp³-hybridized carbons (Fsp3) is 0.560. The van der Waals surface area contributed by atoms with Gasteiger partial charge in [0.05, 0.1) is 0 Å². The van der Waals surface area contributed by atoms with Gasteiger partial charge in [-0.1, -0.05) is 0 Å². The minimum atomic E-state index is -3.03. The topological polar surface area (TPSA) is 0 Å². The quantitative estimate of drug-likeness (QED) is 0.273. The first-order valence-electron chi connectivity index (χ1n) is 19.9. The second-order valence-corrected chi connectivity index (χ2v) is 28.8. The monoisotopic (exact) mass is 854 g/mol. The predicted molar refractivity (Wildman–Crippen MR) is 231 cm³/mol. The van der Waals surface area contributed by atoms with E-state index in [1.165, 1.54) is 54.5 Å². The van der Waals surface area contributed by atoms with Crippen LogP contribution in [0, 0.1) is 5.92 Å². The van der Waals surface area contributed by atoms with Gasteiger partial charge in [0, 0.05) is 0 Å². The van der Waals surface area contributed by atoms with Gasteiger partial charge in [-0.05, 0) is 0 Å². The van der Waals surface area contributed by atoms with Crippen LogP contribution in [0.25, 0.3) is 0 Å². The molecule has 0 radical (unpaired) electrons. The minimum absolute atomic E-state index is 0. The normalized spacial score (nSPS) is 17.0. The summed E-state index contributed by atoms with van der Waals surface area (Å²) in [7, 11) is -3.03. The van der Waals surface area contributed by atoms with Crippen molar-refractivity contribution >= 4 is 23.6 Å². The summed E-state index contributed by atoms with van der Waals surface area (Å²) in [5.41, 5.74) is 9.99. The van der Waals surface area contributed by atoms with Crippen molar-refractivity contribution in [1.82, 2.24) is 0 Å². The van der Waals surface area contributed by atoms with E-state index in [1.807, 2.05) is 0 Å². The first kappa shape index (κ1) is 52.0. The van der Waals surface area contributed by atoms with Gasteiger partial charge in [-0.25, -0.2) is 0 Å². The Labute approximate surface area is 370 Å². The number of rotatable bonds is 5. The van der Waals surface area contributed by atoms with Crippen LogP contribution in [0.3, 0.4) is 0 Å². The summed E-state index contributed by atoms with van der Waals surface area (Å²) in [6.45, 7) is 47.8. The Kier molecular flexibility index (Phi) is 16.0. The van der Waals surface area contributed by atoms with E-state index < -0.39 is 8.07 Å². The third-order valence-corrected chi connectivity index (χ3v) is 18.8.